The molecule has 0 aromatic carbocycles. The van der Waals surface area contributed by atoms with Crippen molar-refractivity contribution in [3.63, 3.8) is 0 Å². The summed E-state index contributed by atoms with van der Waals surface area (Å²) >= 11 is 0. The highest BCUT2D eigenvalue weighted by molar-refractivity contribution is 4.96. The van der Waals surface area contributed by atoms with E-state index in [9.17, 15) is 0 Å². The predicted molar refractivity (Wildman–Crippen MR) is 72.0 cm³/mol. The van der Waals surface area contributed by atoms with Crippen molar-refractivity contribution < 1.29 is 4.42 Å². The molecule has 1 atom stereocenters. The van der Waals surface area contributed by atoms with E-state index in [0.29, 0.717) is 24.4 Å². The lowest BCUT2D eigenvalue weighted by Gasteiger charge is -2.22. The number of hydrogen-bond acceptors (Lipinski definition) is 6. The van der Waals surface area contributed by atoms with Crippen LogP contribution >= 0.6 is 0 Å². The van der Waals surface area contributed by atoms with Crippen LogP contribution in [0.15, 0.2) is 10.7 Å². The van der Waals surface area contributed by atoms with E-state index in [1.807, 2.05) is 4.68 Å². The average Bonchev–Trinajstić information content (AvgIpc) is 3.04. The first-order valence-electron chi connectivity index (χ1n) is 6.95. The maximum atomic E-state index is 5.67. The van der Waals surface area contributed by atoms with Crippen LogP contribution in [0.25, 0.3) is 0 Å². The highest BCUT2D eigenvalue weighted by atomic mass is 16.4. The second-order valence-electron chi connectivity index (χ2n) is 6.23. The van der Waals surface area contributed by atoms with E-state index in [0.717, 1.165) is 25.2 Å². The van der Waals surface area contributed by atoms with Gasteiger partial charge < -0.3 is 9.73 Å². The normalized spacial score (nSPS) is 19.1. The summed E-state index contributed by atoms with van der Waals surface area (Å²) in [5.41, 5.74) is -0.105. The molecule has 3 rings (SSSR count). The Balaban J connectivity index is 1.57. The van der Waals surface area contributed by atoms with E-state index in [2.05, 4.69) is 46.4 Å². The van der Waals surface area contributed by atoms with Crippen molar-refractivity contribution in [2.45, 2.75) is 58.2 Å². The van der Waals surface area contributed by atoms with Crippen LogP contribution in [0, 0.1) is 0 Å². The minimum Gasteiger partial charge on any atom is -0.423 e. The van der Waals surface area contributed by atoms with Crippen molar-refractivity contribution in [3.8, 4) is 0 Å². The topological polar surface area (TPSA) is 81.7 Å². The van der Waals surface area contributed by atoms with Gasteiger partial charge in [0.05, 0.1) is 13.1 Å². The molecule has 0 amide bonds. The molecule has 0 bridgehead atoms. The van der Waals surface area contributed by atoms with Crippen LogP contribution in [-0.4, -0.2) is 31.0 Å². The Morgan fingerprint density at radius 3 is 3.00 bits per heavy atom. The largest absolute Gasteiger partial charge is 0.423 e. The van der Waals surface area contributed by atoms with Crippen LogP contribution in [0.1, 0.15) is 44.8 Å². The van der Waals surface area contributed by atoms with E-state index in [1.54, 1.807) is 6.33 Å². The summed E-state index contributed by atoms with van der Waals surface area (Å²) in [6.45, 7) is 7.62. The molecule has 3 heterocycles. The maximum absolute atomic E-state index is 5.67. The maximum Gasteiger partial charge on any atom is 0.230 e. The summed E-state index contributed by atoms with van der Waals surface area (Å²) in [6.07, 6.45) is 3.62. The highest BCUT2D eigenvalue weighted by Crippen LogP contribution is 2.20. The third-order valence-electron chi connectivity index (χ3n) is 3.46. The molecule has 0 aliphatic carbocycles. The lowest BCUT2D eigenvalue weighted by atomic mass is 9.97. The smallest absolute Gasteiger partial charge is 0.230 e. The first kappa shape index (κ1) is 13.2. The van der Waals surface area contributed by atoms with Gasteiger partial charge in [-0.2, -0.15) is 5.10 Å². The fourth-order valence-electron chi connectivity index (χ4n) is 2.26. The Morgan fingerprint density at radius 1 is 1.40 bits per heavy atom. The van der Waals surface area contributed by atoms with Crippen LogP contribution in [0.3, 0.4) is 0 Å². The number of nitrogens with zero attached hydrogens (tertiary/aromatic N) is 5. The van der Waals surface area contributed by atoms with Crippen molar-refractivity contribution in [2.75, 3.05) is 0 Å². The monoisotopic (exact) mass is 276 g/mol. The molecule has 1 unspecified atom stereocenters. The van der Waals surface area contributed by atoms with Crippen LogP contribution in [-0.2, 0) is 24.9 Å². The fraction of sp³-hybridized carbons (Fsp3) is 0.692. The Hall–Kier alpha value is -1.76. The van der Waals surface area contributed by atoms with Gasteiger partial charge in [-0.1, -0.05) is 20.8 Å². The molecule has 7 heteroatoms. The van der Waals surface area contributed by atoms with E-state index in [1.165, 1.54) is 0 Å². The first-order valence-corrected chi connectivity index (χ1v) is 6.95. The van der Waals surface area contributed by atoms with E-state index in [4.69, 9.17) is 4.42 Å². The summed E-state index contributed by atoms with van der Waals surface area (Å²) in [4.78, 5) is 4.22. The van der Waals surface area contributed by atoms with Crippen molar-refractivity contribution in [3.05, 3.63) is 23.9 Å². The summed E-state index contributed by atoms with van der Waals surface area (Å²) in [5, 5.41) is 15.8. The van der Waals surface area contributed by atoms with Gasteiger partial charge in [0, 0.05) is 17.9 Å². The van der Waals surface area contributed by atoms with Gasteiger partial charge in [-0.15, -0.1) is 10.2 Å². The second-order valence-corrected chi connectivity index (χ2v) is 6.23. The van der Waals surface area contributed by atoms with Crippen molar-refractivity contribution in [1.29, 1.82) is 0 Å². The summed E-state index contributed by atoms with van der Waals surface area (Å²) in [7, 11) is 0. The molecule has 108 valence electrons. The summed E-state index contributed by atoms with van der Waals surface area (Å²) < 4.78 is 7.63. The summed E-state index contributed by atoms with van der Waals surface area (Å²) in [6, 6.07) is 0.370. The number of aromatic nitrogens is 5. The lowest BCUT2D eigenvalue weighted by Crippen LogP contribution is -2.37. The van der Waals surface area contributed by atoms with Gasteiger partial charge in [-0.3, -0.25) is 0 Å². The molecule has 2 aromatic heterocycles. The molecular formula is C13H20N6O. The van der Waals surface area contributed by atoms with Crippen LogP contribution in [0.5, 0.6) is 0 Å². The van der Waals surface area contributed by atoms with Crippen LogP contribution < -0.4 is 5.32 Å². The zero-order valence-corrected chi connectivity index (χ0v) is 12.1. The Labute approximate surface area is 117 Å². The first-order chi connectivity index (χ1) is 9.52. The lowest BCUT2D eigenvalue weighted by molar-refractivity contribution is 0.325. The molecular weight excluding hydrogens is 256 g/mol. The second kappa shape index (κ2) is 4.97. The SMILES string of the molecule is CC(C)(C)c1nnc(CNC2CCc3ncnn3C2)o1. The van der Waals surface area contributed by atoms with Gasteiger partial charge in [0.2, 0.25) is 11.8 Å². The van der Waals surface area contributed by atoms with E-state index < -0.39 is 0 Å². The third-order valence-corrected chi connectivity index (χ3v) is 3.46. The molecule has 2 aromatic rings. The predicted octanol–water partition coefficient (Wildman–Crippen LogP) is 1.06. The van der Waals surface area contributed by atoms with Gasteiger partial charge in [-0.05, 0) is 6.42 Å². The highest BCUT2D eigenvalue weighted by Gasteiger charge is 2.23. The number of aryl methyl sites for hydroxylation is 1. The van der Waals surface area contributed by atoms with Gasteiger partial charge in [0.15, 0.2) is 0 Å². The number of rotatable bonds is 3. The number of nitrogens with one attached hydrogen (secondary N) is 1. The molecule has 0 fully saturated rings. The fourth-order valence-corrected chi connectivity index (χ4v) is 2.26. The Bertz CT molecular complexity index is 582. The van der Waals surface area contributed by atoms with E-state index in [-0.39, 0.29) is 5.41 Å². The quantitative estimate of drug-likeness (QED) is 0.903. The Kier molecular flexibility index (Phi) is 3.29. The average molecular weight is 276 g/mol. The molecule has 1 aliphatic heterocycles. The third kappa shape index (κ3) is 2.72. The van der Waals surface area contributed by atoms with Gasteiger partial charge in [0.25, 0.3) is 0 Å². The Morgan fingerprint density at radius 2 is 2.25 bits per heavy atom. The number of fused-ring (bicyclic) bond motifs is 1. The van der Waals surface area contributed by atoms with Crippen LogP contribution in [0.2, 0.25) is 0 Å². The van der Waals surface area contributed by atoms with Gasteiger partial charge in [0.1, 0.15) is 12.2 Å². The van der Waals surface area contributed by atoms with Crippen LogP contribution in [0.4, 0.5) is 0 Å². The zero-order valence-electron chi connectivity index (χ0n) is 12.1. The summed E-state index contributed by atoms with van der Waals surface area (Å²) in [5.74, 6) is 2.38. The molecule has 0 spiro atoms. The minimum atomic E-state index is -0.105. The molecule has 0 radical (unpaired) electrons. The zero-order chi connectivity index (χ0) is 14.2. The van der Waals surface area contributed by atoms with E-state index >= 15 is 0 Å². The molecule has 0 saturated heterocycles. The van der Waals surface area contributed by atoms with Crippen molar-refractivity contribution in [2.24, 2.45) is 0 Å². The molecule has 20 heavy (non-hydrogen) atoms. The van der Waals surface area contributed by atoms with Gasteiger partial charge >= 0.3 is 0 Å². The molecule has 1 aliphatic rings. The molecule has 1 N–H and O–H groups in total. The minimum absolute atomic E-state index is 0.105. The standard InChI is InChI=1S/C13H20N6O/c1-13(2,3)12-18-17-11(20-12)6-14-9-4-5-10-15-8-16-19(10)7-9/h8-9,14H,4-7H2,1-3H3. The van der Waals surface area contributed by atoms with Crippen molar-refractivity contribution in [1.82, 2.24) is 30.3 Å². The van der Waals surface area contributed by atoms with Crippen molar-refractivity contribution >= 4 is 0 Å². The molecule has 0 saturated carbocycles. The van der Waals surface area contributed by atoms with Gasteiger partial charge in [-0.25, -0.2) is 9.67 Å². The number of hydrogen-bond donors (Lipinski definition) is 1. The molecule has 7 nitrogen and oxygen atoms in total.